The standard InChI is InChI=1S/C30H38N5O11PS2/c1-4-22(19-48(39,40)24-12-8-6-9-13-24)45-47(38,46-23(5-2)20-49(41,42)25-14-10-7-11-15-25)43-18-27-26(33-34-31)16-28(44-27)35-17-21(3)29(36)32-30(35)37/h6-15,17,22-23,26-28H,4-5,16,18-20H2,1-3H3,(H,32,36,37)/t22?,23?,26-,27+,28+,47?/m0/s1. The molecule has 4 rings (SSSR count). The molecule has 266 valence electrons. The quantitative estimate of drug-likeness (QED) is 0.0879. The van der Waals surface area contributed by atoms with Gasteiger partial charge in [0.25, 0.3) is 5.56 Å². The third-order valence-corrected chi connectivity index (χ3v) is 12.9. The van der Waals surface area contributed by atoms with Crippen LogP contribution in [0.4, 0.5) is 0 Å². The maximum absolute atomic E-state index is 14.4. The molecule has 0 aliphatic carbocycles. The number of aromatic amines is 1. The highest BCUT2D eigenvalue weighted by molar-refractivity contribution is 7.91. The highest BCUT2D eigenvalue weighted by atomic mass is 32.2. The molecule has 49 heavy (non-hydrogen) atoms. The van der Waals surface area contributed by atoms with Gasteiger partial charge in [-0.25, -0.2) is 26.2 Å². The van der Waals surface area contributed by atoms with Crippen molar-refractivity contribution in [2.45, 2.75) is 80.4 Å². The first-order chi connectivity index (χ1) is 23.2. The number of benzene rings is 2. The number of phosphoric ester groups is 1. The molecule has 2 heterocycles. The molecular weight excluding hydrogens is 701 g/mol. The van der Waals surface area contributed by atoms with Crippen LogP contribution in [0, 0.1) is 6.92 Å². The van der Waals surface area contributed by atoms with Crippen molar-refractivity contribution in [3.8, 4) is 0 Å². The van der Waals surface area contributed by atoms with Crippen molar-refractivity contribution in [3.05, 3.63) is 104 Å². The van der Waals surface area contributed by atoms with E-state index in [2.05, 4.69) is 15.0 Å². The average molecular weight is 740 g/mol. The molecule has 1 N–H and O–H groups in total. The summed E-state index contributed by atoms with van der Waals surface area (Å²) in [5.74, 6) is -1.19. The lowest BCUT2D eigenvalue weighted by atomic mass is 10.1. The van der Waals surface area contributed by atoms with Gasteiger partial charge in [0.2, 0.25) is 0 Å². The van der Waals surface area contributed by atoms with Gasteiger partial charge in [-0.3, -0.25) is 27.9 Å². The number of sulfone groups is 2. The van der Waals surface area contributed by atoms with Crippen molar-refractivity contribution < 1.29 is 39.7 Å². The van der Waals surface area contributed by atoms with Gasteiger partial charge in [0.1, 0.15) is 6.23 Å². The molecule has 19 heteroatoms. The Balaban J connectivity index is 1.61. The van der Waals surface area contributed by atoms with Crippen LogP contribution in [0.3, 0.4) is 0 Å². The molecule has 2 unspecified atom stereocenters. The molecule has 16 nitrogen and oxygen atoms in total. The second-order valence-electron chi connectivity index (χ2n) is 11.3. The van der Waals surface area contributed by atoms with Crippen molar-refractivity contribution in [1.29, 1.82) is 0 Å². The molecule has 0 bridgehead atoms. The van der Waals surface area contributed by atoms with E-state index in [9.17, 15) is 36.5 Å². The van der Waals surface area contributed by atoms with Crippen molar-refractivity contribution in [2.75, 3.05) is 18.1 Å². The Kier molecular flexibility index (Phi) is 12.8. The minimum Gasteiger partial charge on any atom is -0.352 e. The van der Waals surface area contributed by atoms with Crippen LogP contribution < -0.4 is 11.2 Å². The lowest BCUT2D eigenvalue weighted by Crippen LogP contribution is -2.33. The lowest BCUT2D eigenvalue weighted by Gasteiger charge is -2.28. The number of rotatable bonds is 17. The maximum Gasteiger partial charge on any atom is 0.475 e. The molecular formula is C30H38N5O11PS2. The summed E-state index contributed by atoms with van der Waals surface area (Å²) >= 11 is 0. The lowest BCUT2D eigenvalue weighted by molar-refractivity contribution is -0.0344. The first kappa shape index (κ1) is 38.2. The molecule has 1 aliphatic rings. The summed E-state index contributed by atoms with van der Waals surface area (Å²) in [6.07, 6.45) is -3.17. The minimum atomic E-state index is -4.79. The van der Waals surface area contributed by atoms with E-state index in [0.717, 1.165) is 4.57 Å². The number of nitrogens with one attached hydrogen (secondary N) is 1. The number of aromatic nitrogens is 2. The van der Waals surface area contributed by atoms with Crippen LogP contribution in [-0.2, 0) is 42.5 Å². The molecule has 1 fully saturated rings. The highest BCUT2D eigenvalue weighted by Gasteiger charge is 2.42. The fraction of sp³-hybridized carbons (Fsp3) is 0.467. The van der Waals surface area contributed by atoms with E-state index in [-0.39, 0.29) is 34.6 Å². The number of ether oxygens (including phenoxy) is 1. The Labute approximate surface area is 283 Å². The smallest absolute Gasteiger partial charge is 0.352 e. The van der Waals surface area contributed by atoms with Crippen molar-refractivity contribution in [2.24, 2.45) is 5.11 Å². The van der Waals surface area contributed by atoms with Gasteiger partial charge in [-0.05, 0) is 49.6 Å². The van der Waals surface area contributed by atoms with Gasteiger partial charge in [-0.2, -0.15) is 0 Å². The number of nitrogens with zero attached hydrogens (tertiary/aromatic N) is 4. The van der Waals surface area contributed by atoms with Gasteiger partial charge in [0.05, 0.1) is 52.3 Å². The zero-order valence-electron chi connectivity index (χ0n) is 27.0. The van der Waals surface area contributed by atoms with Crippen LogP contribution in [0.2, 0.25) is 0 Å². The minimum absolute atomic E-state index is 0.0180. The summed E-state index contributed by atoms with van der Waals surface area (Å²) in [4.78, 5) is 29.4. The Hall–Kier alpha value is -3.60. The number of aryl methyl sites for hydroxylation is 1. The molecule has 0 saturated carbocycles. The summed E-state index contributed by atoms with van der Waals surface area (Å²) in [6.45, 7) is 4.13. The zero-order chi connectivity index (χ0) is 35.8. The van der Waals surface area contributed by atoms with Gasteiger partial charge >= 0.3 is 13.5 Å². The zero-order valence-corrected chi connectivity index (χ0v) is 29.6. The van der Waals surface area contributed by atoms with Gasteiger partial charge < -0.3 is 4.74 Å². The fourth-order valence-electron chi connectivity index (χ4n) is 5.02. The third-order valence-electron chi connectivity index (χ3n) is 7.74. The number of azide groups is 1. The SMILES string of the molecule is CCC(CS(=O)(=O)c1ccccc1)OP(=O)(OC[C@H]1O[C@@H](n2cc(C)c(=O)[nH]c2=O)C[C@@H]1N=[N+]=[N-])OC(CC)CS(=O)(=O)c1ccccc1. The van der Waals surface area contributed by atoms with Gasteiger partial charge in [-0.15, -0.1) is 0 Å². The first-order valence-corrected chi connectivity index (χ1v) is 20.2. The number of phosphoric acid groups is 1. The van der Waals surface area contributed by atoms with Crippen molar-refractivity contribution in [3.63, 3.8) is 0 Å². The molecule has 1 saturated heterocycles. The maximum atomic E-state index is 14.4. The van der Waals surface area contributed by atoms with Gasteiger partial charge in [0.15, 0.2) is 19.7 Å². The Morgan fingerprint density at radius 1 is 0.959 bits per heavy atom. The van der Waals surface area contributed by atoms with E-state index in [1.54, 1.807) is 50.2 Å². The van der Waals surface area contributed by atoms with E-state index in [1.807, 2.05) is 0 Å². The summed E-state index contributed by atoms with van der Waals surface area (Å²) < 4.78 is 91.5. The van der Waals surface area contributed by atoms with Crippen molar-refractivity contribution in [1.82, 2.24) is 9.55 Å². The van der Waals surface area contributed by atoms with Crippen molar-refractivity contribution >= 4 is 27.5 Å². The highest BCUT2D eigenvalue weighted by Crippen LogP contribution is 2.53. The topological polar surface area (TPSA) is 226 Å². The van der Waals surface area contributed by atoms with E-state index in [4.69, 9.17) is 18.3 Å². The summed E-state index contributed by atoms with van der Waals surface area (Å²) in [6, 6.07) is 14.3. The van der Waals surface area contributed by atoms with Crippen LogP contribution in [0.5, 0.6) is 0 Å². The van der Waals surface area contributed by atoms with E-state index < -0.39 is 87.4 Å². The monoisotopic (exact) mass is 739 g/mol. The van der Waals surface area contributed by atoms with E-state index in [0.29, 0.717) is 0 Å². The van der Waals surface area contributed by atoms with Crippen LogP contribution in [0.1, 0.15) is 44.9 Å². The summed E-state index contributed by atoms with van der Waals surface area (Å²) in [5.41, 5.74) is 8.07. The van der Waals surface area contributed by atoms with Gasteiger partial charge in [-0.1, -0.05) is 55.4 Å². The summed E-state index contributed by atoms with van der Waals surface area (Å²) in [5, 5.41) is 3.73. The third kappa shape index (κ3) is 9.99. The number of hydrogen-bond donors (Lipinski definition) is 1. The average Bonchev–Trinajstić information content (AvgIpc) is 3.48. The van der Waals surface area contributed by atoms with Crippen LogP contribution in [0.15, 0.2) is 91.4 Å². The van der Waals surface area contributed by atoms with Crippen LogP contribution >= 0.6 is 7.82 Å². The van der Waals surface area contributed by atoms with Crippen LogP contribution in [0.25, 0.3) is 10.4 Å². The summed E-state index contributed by atoms with van der Waals surface area (Å²) in [7, 11) is -12.7. The van der Waals surface area contributed by atoms with E-state index >= 15 is 0 Å². The second-order valence-corrected chi connectivity index (χ2v) is 17.0. The predicted octanol–water partition coefficient (Wildman–Crippen LogP) is 4.47. The normalized spacial score (nSPS) is 20.6. The number of hydrogen-bond acceptors (Lipinski definition) is 12. The van der Waals surface area contributed by atoms with Crippen LogP contribution in [-0.4, -0.2) is 68.9 Å². The molecule has 2 aromatic carbocycles. The molecule has 3 aromatic rings. The molecule has 1 aromatic heterocycles. The fourth-order valence-corrected chi connectivity index (χ4v) is 10.0. The molecule has 0 amide bonds. The second kappa shape index (κ2) is 16.4. The first-order valence-electron chi connectivity index (χ1n) is 15.4. The largest absolute Gasteiger partial charge is 0.475 e. The van der Waals surface area contributed by atoms with Gasteiger partial charge in [0, 0.05) is 23.1 Å². The number of H-pyrrole nitrogens is 1. The molecule has 0 radical (unpaired) electrons. The Bertz CT molecular complexity index is 1930. The Morgan fingerprint density at radius 2 is 1.47 bits per heavy atom. The molecule has 5 atom stereocenters. The van der Waals surface area contributed by atoms with E-state index in [1.165, 1.54) is 37.4 Å². The predicted molar refractivity (Wildman–Crippen MR) is 178 cm³/mol. The molecule has 1 aliphatic heterocycles. The Morgan fingerprint density at radius 3 is 1.94 bits per heavy atom. The molecule has 0 spiro atoms.